The van der Waals surface area contributed by atoms with Crippen LogP contribution in [-0.2, 0) is 82.5 Å². The second-order valence-corrected chi connectivity index (χ2v) is 54.8. The molecule has 0 saturated carbocycles. The standard InChI is InChI=1S/2C47H61.2Sb/c2*1-14-15-47-31-25-37-34(41(2,3)16-19-44(37,8)9)22-28(31)40(29-23-35-38(26-32(29)47)45(10,11)20-17-42(35,4)5)30-24-36-39(27-33(30)47)46(12,13)21-18-43(36,6)7;;/h2*22-27H,14-21H2,1-13H3;;. The zero-order chi connectivity index (χ0) is 69.1. The second kappa shape index (κ2) is 20.0. The predicted octanol–water partition coefficient (Wildman–Crippen LogP) is 23.9. The molecule has 0 unspecified atom stereocenters. The van der Waals surface area contributed by atoms with E-state index in [1.54, 1.807) is 134 Å². The molecule has 0 saturated heterocycles. The van der Waals surface area contributed by atoms with E-state index in [4.69, 9.17) is 0 Å². The van der Waals surface area contributed by atoms with Crippen LogP contribution in [0.1, 0.15) is 416 Å². The van der Waals surface area contributed by atoms with E-state index < -0.39 is 33.7 Å². The van der Waals surface area contributed by atoms with Crippen LogP contribution >= 0.6 is 0 Å². The molecule has 0 atom stereocenters. The number of hydrogen-bond donors (Lipinski definition) is 0. The van der Waals surface area contributed by atoms with Crippen LogP contribution in [0.25, 0.3) is 0 Å². The van der Waals surface area contributed by atoms with E-state index in [1.807, 2.05) is 0 Å². The Balaban J connectivity index is 1.17. The fourth-order valence-corrected chi connectivity index (χ4v) is 47.4. The maximum absolute atomic E-state index is 3.04. The van der Waals surface area contributed by atoms with E-state index in [1.165, 1.54) is 77.0 Å². The average Bonchev–Trinajstić information content (AvgIpc) is 0.648. The minimum absolute atomic E-state index is 0.0656. The van der Waals surface area contributed by atoms with Crippen molar-refractivity contribution in [2.24, 2.45) is 0 Å². The summed E-state index contributed by atoms with van der Waals surface area (Å²) in [5.41, 5.74) is 41.2. The normalized spacial score (nSPS) is 30.1. The Bertz CT molecular complexity index is 3750. The minimum atomic E-state index is -1.42. The van der Waals surface area contributed by atoms with Gasteiger partial charge >= 0.3 is 605 Å². The molecule has 2 heteroatoms. The van der Waals surface area contributed by atoms with Crippen molar-refractivity contribution in [3.05, 3.63) is 206 Å². The SMILES string of the molecule is CCCC12c3cc4c(cc3[C]([Sb]=[Sb][C]35c6cc7c(cc6C(CCC)(c6cc8c(cc63)C(C)(C)CCC8(C)C)c3cc6c(cc35)C(C)(C)CCC6(C)C)C(C)(C)CCC7(C)C)(c3cc5c(cc31)C(C)(C)CCC5(C)C)c1cc3c(cc12)C(C)(C)CCC3(C)C)C(C)(C)CCC4(C)C. The van der Waals surface area contributed by atoms with Crippen LogP contribution in [0.5, 0.6) is 0 Å². The van der Waals surface area contributed by atoms with Crippen LogP contribution in [0.15, 0.2) is 72.8 Å². The Morgan fingerprint density at radius 2 is 0.302 bits per heavy atom. The van der Waals surface area contributed by atoms with Gasteiger partial charge in [0.2, 0.25) is 0 Å². The van der Waals surface area contributed by atoms with Gasteiger partial charge in [-0.05, 0) is 0 Å². The Morgan fingerprint density at radius 3 is 0.417 bits per heavy atom. The molecule has 0 spiro atoms. The molecule has 508 valence electrons. The van der Waals surface area contributed by atoms with Gasteiger partial charge in [-0.15, -0.1) is 0 Å². The van der Waals surface area contributed by atoms with Gasteiger partial charge in [0.05, 0.1) is 0 Å². The van der Waals surface area contributed by atoms with E-state index in [-0.39, 0.29) is 82.5 Å². The van der Waals surface area contributed by atoms with Gasteiger partial charge in [-0.1, -0.05) is 0 Å². The van der Waals surface area contributed by atoms with Crippen molar-refractivity contribution >= 4 is 33.7 Å². The third-order valence-corrected chi connectivity index (χ3v) is 50.2. The van der Waals surface area contributed by atoms with Gasteiger partial charge in [-0.2, -0.15) is 0 Å². The van der Waals surface area contributed by atoms with E-state index in [0.29, 0.717) is 0 Å². The third-order valence-electron chi connectivity index (χ3n) is 30.6. The molecule has 12 aliphatic rings. The van der Waals surface area contributed by atoms with Crippen molar-refractivity contribution in [2.75, 3.05) is 0 Å². The zero-order valence-electron chi connectivity index (χ0n) is 65.1. The van der Waals surface area contributed by atoms with Crippen molar-refractivity contribution in [2.45, 2.75) is 365 Å². The number of hydrogen-bond acceptors (Lipinski definition) is 0. The summed E-state index contributed by atoms with van der Waals surface area (Å²) in [6, 6.07) is 36.2. The number of benzene rings is 6. The van der Waals surface area contributed by atoms with E-state index >= 15 is 0 Å². The Hall–Kier alpha value is -3.04. The first-order chi connectivity index (χ1) is 44.3. The summed E-state index contributed by atoms with van der Waals surface area (Å²) < 4.78 is -0.498. The van der Waals surface area contributed by atoms with Gasteiger partial charge in [0.15, 0.2) is 0 Å². The summed E-state index contributed by atoms with van der Waals surface area (Å²) in [7, 11) is 0. The molecule has 4 bridgehead atoms. The summed E-state index contributed by atoms with van der Waals surface area (Å²) in [5.74, 6) is 0. The molecule has 0 N–H and O–H groups in total. The predicted molar refractivity (Wildman–Crippen MR) is 411 cm³/mol. The molecule has 0 heterocycles. The Labute approximate surface area is 600 Å². The molecule has 6 aromatic rings. The van der Waals surface area contributed by atoms with E-state index in [9.17, 15) is 0 Å². The molecule has 0 radical (unpaired) electrons. The molecule has 0 aliphatic heterocycles. The summed E-state index contributed by atoms with van der Waals surface area (Å²) in [6.07, 6.45) is 19.3. The molecule has 12 aliphatic carbocycles. The van der Waals surface area contributed by atoms with Crippen molar-refractivity contribution in [1.29, 1.82) is 0 Å². The molecule has 0 amide bonds. The second-order valence-electron chi connectivity index (χ2n) is 42.2. The fourth-order valence-electron chi connectivity index (χ4n) is 23.4. The Kier molecular flexibility index (Phi) is 14.1. The van der Waals surface area contributed by atoms with Gasteiger partial charge < -0.3 is 0 Å². The van der Waals surface area contributed by atoms with Crippen LogP contribution in [0.3, 0.4) is 0 Å². The van der Waals surface area contributed by atoms with Gasteiger partial charge in [0.1, 0.15) is 0 Å². The summed E-state index contributed by atoms with van der Waals surface area (Å²) in [5, 5.41) is 0. The molecule has 6 aromatic carbocycles. The molecule has 0 nitrogen and oxygen atoms in total. The molecular weight excluding hydrogens is 1370 g/mol. The van der Waals surface area contributed by atoms with Gasteiger partial charge in [-0.3, -0.25) is 0 Å². The van der Waals surface area contributed by atoms with Gasteiger partial charge in [0.25, 0.3) is 0 Å². The van der Waals surface area contributed by atoms with Crippen molar-refractivity contribution in [3.8, 4) is 0 Å². The first-order valence-electron chi connectivity index (χ1n) is 38.9. The van der Waals surface area contributed by atoms with Crippen LogP contribution in [0, 0.1) is 0 Å². The van der Waals surface area contributed by atoms with Crippen LogP contribution < -0.4 is 0 Å². The molecule has 0 fully saturated rings. The van der Waals surface area contributed by atoms with E-state index in [2.05, 4.69) is 253 Å². The maximum atomic E-state index is 3.04. The molecular formula is C94H122Sb2. The third kappa shape index (κ3) is 8.52. The summed E-state index contributed by atoms with van der Waals surface area (Å²) >= 11 is -2.84. The van der Waals surface area contributed by atoms with Crippen LogP contribution in [-0.4, -0.2) is 33.7 Å². The topological polar surface area (TPSA) is 0 Å². The van der Waals surface area contributed by atoms with Crippen molar-refractivity contribution in [3.63, 3.8) is 0 Å². The van der Waals surface area contributed by atoms with Gasteiger partial charge in [-0.25, -0.2) is 0 Å². The number of rotatable bonds is 6. The summed E-state index contributed by atoms with van der Waals surface area (Å²) in [6.45, 7) is 68.4. The fraction of sp³-hybridized carbons (Fsp3) is 0.617. The Morgan fingerprint density at radius 1 is 0.188 bits per heavy atom. The van der Waals surface area contributed by atoms with Crippen molar-refractivity contribution < 1.29 is 0 Å². The van der Waals surface area contributed by atoms with Crippen LogP contribution in [0.4, 0.5) is 0 Å². The van der Waals surface area contributed by atoms with Gasteiger partial charge in [0, 0.05) is 0 Å². The zero-order valence-corrected chi connectivity index (χ0v) is 70.2. The molecule has 18 rings (SSSR count). The van der Waals surface area contributed by atoms with Crippen molar-refractivity contribution in [1.82, 2.24) is 0 Å². The first kappa shape index (κ1) is 67.4. The monoisotopic (exact) mass is 1490 g/mol. The van der Waals surface area contributed by atoms with E-state index in [0.717, 1.165) is 25.7 Å². The molecule has 96 heavy (non-hydrogen) atoms. The average molecular weight is 1500 g/mol. The first-order valence-corrected chi connectivity index (χ1v) is 50.3. The quantitative estimate of drug-likeness (QED) is 0.146. The summed E-state index contributed by atoms with van der Waals surface area (Å²) in [4.78, 5) is 0. The number of fused-ring (bicyclic) bond motifs is 6. The van der Waals surface area contributed by atoms with Crippen LogP contribution in [0.2, 0.25) is 0 Å². The molecule has 0 aromatic heterocycles.